The normalized spacial score (nSPS) is 25.7. The number of hydrogen-bond acceptors (Lipinski definition) is 5. The molecule has 3 unspecified atom stereocenters. The number of anilines is 1. The van der Waals surface area contributed by atoms with E-state index in [-0.39, 0.29) is 11.8 Å². The lowest BCUT2D eigenvalue weighted by atomic mass is 9.88. The number of rotatable bonds is 4. The molecule has 2 aliphatic carbocycles. The third-order valence-electron chi connectivity index (χ3n) is 5.06. The van der Waals surface area contributed by atoms with E-state index < -0.39 is 0 Å². The van der Waals surface area contributed by atoms with Gasteiger partial charge in [-0.25, -0.2) is 0 Å². The van der Waals surface area contributed by atoms with Crippen LogP contribution in [-0.2, 0) is 4.79 Å². The van der Waals surface area contributed by atoms with Gasteiger partial charge in [-0.2, -0.15) is 4.68 Å². The maximum atomic E-state index is 12.6. The Morgan fingerprint density at radius 1 is 1.35 bits per heavy atom. The molecule has 6 nitrogen and oxygen atoms in total. The molecule has 2 saturated carbocycles. The number of nitrogens with one attached hydrogen (secondary N) is 1. The monoisotopic (exact) mass is 329 g/mol. The number of carbonyl (C=O) groups is 1. The second-order valence-electron chi connectivity index (χ2n) is 6.40. The SMILES string of the molecule is CSc1nnnn1-c1cccc(NC(=O)C2CC3CCC2C3)c1. The van der Waals surface area contributed by atoms with Gasteiger partial charge in [-0.05, 0) is 66.0 Å². The van der Waals surface area contributed by atoms with Gasteiger partial charge in [0.05, 0.1) is 5.69 Å². The maximum absolute atomic E-state index is 12.6. The third kappa shape index (κ3) is 2.73. The minimum atomic E-state index is 0.163. The van der Waals surface area contributed by atoms with Gasteiger partial charge in [-0.15, -0.1) is 5.10 Å². The van der Waals surface area contributed by atoms with Crippen molar-refractivity contribution >= 4 is 23.4 Å². The molecule has 1 aromatic carbocycles. The molecule has 0 spiro atoms. The van der Waals surface area contributed by atoms with E-state index in [1.54, 1.807) is 4.68 Å². The van der Waals surface area contributed by atoms with Crippen LogP contribution in [0.5, 0.6) is 0 Å². The van der Waals surface area contributed by atoms with Gasteiger partial charge in [0.15, 0.2) is 0 Å². The number of nitrogens with zero attached hydrogens (tertiary/aromatic N) is 4. The van der Waals surface area contributed by atoms with Crippen LogP contribution in [0.1, 0.15) is 25.7 Å². The van der Waals surface area contributed by atoms with Crippen molar-refractivity contribution in [1.82, 2.24) is 20.2 Å². The summed E-state index contributed by atoms with van der Waals surface area (Å²) in [6.45, 7) is 0. The van der Waals surface area contributed by atoms with Crippen LogP contribution in [-0.4, -0.2) is 32.4 Å². The van der Waals surface area contributed by atoms with Crippen LogP contribution < -0.4 is 5.32 Å². The Morgan fingerprint density at radius 3 is 3.00 bits per heavy atom. The van der Waals surface area contributed by atoms with Crippen molar-refractivity contribution in [2.24, 2.45) is 17.8 Å². The Hall–Kier alpha value is -1.89. The van der Waals surface area contributed by atoms with Gasteiger partial charge >= 0.3 is 0 Å². The highest BCUT2D eigenvalue weighted by Gasteiger charge is 2.42. The summed E-state index contributed by atoms with van der Waals surface area (Å²) < 4.78 is 1.68. The Balaban J connectivity index is 1.51. The highest BCUT2D eigenvalue weighted by atomic mass is 32.2. The van der Waals surface area contributed by atoms with Gasteiger partial charge in [0.2, 0.25) is 11.1 Å². The maximum Gasteiger partial charge on any atom is 0.227 e. The van der Waals surface area contributed by atoms with Gasteiger partial charge < -0.3 is 5.32 Å². The predicted molar refractivity (Wildman–Crippen MR) is 88.5 cm³/mol. The van der Waals surface area contributed by atoms with Gasteiger partial charge in [-0.3, -0.25) is 4.79 Å². The van der Waals surface area contributed by atoms with Gasteiger partial charge in [-0.1, -0.05) is 24.2 Å². The zero-order valence-corrected chi connectivity index (χ0v) is 13.8. The largest absolute Gasteiger partial charge is 0.326 e. The predicted octanol–water partition coefficient (Wildman–Crippen LogP) is 2.76. The van der Waals surface area contributed by atoms with E-state index in [9.17, 15) is 4.79 Å². The third-order valence-corrected chi connectivity index (χ3v) is 5.68. The first-order chi connectivity index (χ1) is 11.2. The number of thioether (sulfide) groups is 1. The Bertz CT molecular complexity index is 731. The molecule has 2 bridgehead atoms. The number of carbonyl (C=O) groups excluding carboxylic acids is 1. The molecule has 3 atom stereocenters. The summed E-state index contributed by atoms with van der Waals surface area (Å²) >= 11 is 1.48. The second-order valence-corrected chi connectivity index (χ2v) is 7.17. The average Bonchev–Trinajstić information content (AvgIpc) is 3.30. The number of aromatic nitrogens is 4. The first kappa shape index (κ1) is 14.7. The standard InChI is InChI=1S/C16H19N5OS/c1-23-16-18-19-20-21(16)13-4-2-3-12(9-13)17-15(22)14-8-10-5-6-11(14)7-10/h2-4,9-11,14H,5-8H2,1H3,(H,17,22). The minimum Gasteiger partial charge on any atom is -0.326 e. The van der Waals surface area contributed by atoms with Crippen molar-refractivity contribution in [3.05, 3.63) is 24.3 Å². The summed E-state index contributed by atoms with van der Waals surface area (Å²) in [7, 11) is 0. The van der Waals surface area contributed by atoms with Crippen LogP contribution >= 0.6 is 11.8 Å². The summed E-state index contributed by atoms with van der Waals surface area (Å²) in [5.74, 6) is 1.71. The molecule has 120 valence electrons. The van der Waals surface area contributed by atoms with Gasteiger partial charge in [0.1, 0.15) is 0 Å². The zero-order valence-electron chi connectivity index (χ0n) is 13.0. The van der Waals surface area contributed by atoms with E-state index in [1.165, 1.54) is 31.0 Å². The lowest BCUT2D eigenvalue weighted by molar-refractivity contribution is -0.121. The molecule has 0 radical (unpaired) electrons. The van der Waals surface area contributed by atoms with E-state index in [0.29, 0.717) is 5.92 Å². The number of benzene rings is 1. The van der Waals surface area contributed by atoms with Crippen molar-refractivity contribution in [2.75, 3.05) is 11.6 Å². The molecule has 2 aromatic rings. The highest BCUT2D eigenvalue weighted by molar-refractivity contribution is 7.98. The van der Waals surface area contributed by atoms with Crippen molar-refractivity contribution < 1.29 is 4.79 Å². The molecular formula is C16H19N5OS. The van der Waals surface area contributed by atoms with Crippen LogP contribution in [0, 0.1) is 17.8 Å². The van der Waals surface area contributed by atoms with Gasteiger partial charge in [0, 0.05) is 11.6 Å². The fourth-order valence-electron chi connectivity index (χ4n) is 3.98. The second kappa shape index (κ2) is 5.96. The van der Waals surface area contributed by atoms with E-state index in [0.717, 1.165) is 28.9 Å². The fourth-order valence-corrected chi connectivity index (χ4v) is 4.42. The first-order valence-electron chi connectivity index (χ1n) is 7.98. The Labute approximate surface area is 139 Å². The molecule has 1 heterocycles. The van der Waals surface area contributed by atoms with Crippen LogP contribution in [0.2, 0.25) is 0 Å². The van der Waals surface area contributed by atoms with Crippen molar-refractivity contribution in [3.8, 4) is 5.69 Å². The summed E-state index contributed by atoms with van der Waals surface area (Å²) in [4.78, 5) is 12.6. The van der Waals surface area contributed by atoms with Crippen LogP contribution in [0.25, 0.3) is 5.69 Å². The quantitative estimate of drug-likeness (QED) is 0.873. The van der Waals surface area contributed by atoms with E-state index in [2.05, 4.69) is 20.8 Å². The minimum absolute atomic E-state index is 0.163. The smallest absolute Gasteiger partial charge is 0.227 e. The van der Waals surface area contributed by atoms with Crippen LogP contribution in [0.15, 0.2) is 29.4 Å². The molecule has 23 heavy (non-hydrogen) atoms. The molecular weight excluding hydrogens is 310 g/mol. The summed E-state index contributed by atoms with van der Waals surface area (Å²) in [6.07, 6.45) is 6.74. The fraction of sp³-hybridized carbons (Fsp3) is 0.500. The van der Waals surface area contributed by atoms with Crippen molar-refractivity contribution in [2.45, 2.75) is 30.8 Å². The van der Waals surface area contributed by atoms with Crippen LogP contribution in [0.4, 0.5) is 5.69 Å². The zero-order chi connectivity index (χ0) is 15.8. The summed E-state index contributed by atoms with van der Waals surface area (Å²) in [6, 6.07) is 7.68. The Morgan fingerprint density at radius 2 is 2.26 bits per heavy atom. The van der Waals surface area contributed by atoms with Crippen molar-refractivity contribution in [1.29, 1.82) is 0 Å². The average molecular weight is 329 g/mol. The Kier molecular flexibility index (Phi) is 3.80. The van der Waals surface area contributed by atoms with Gasteiger partial charge in [0.25, 0.3) is 0 Å². The molecule has 1 amide bonds. The summed E-state index contributed by atoms with van der Waals surface area (Å²) in [5.41, 5.74) is 1.66. The van der Waals surface area contributed by atoms with E-state index in [1.807, 2.05) is 30.5 Å². The number of fused-ring (bicyclic) bond motifs is 2. The molecule has 0 aliphatic heterocycles. The van der Waals surface area contributed by atoms with Crippen LogP contribution in [0.3, 0.4) is 0 Å². The van der Waals surface area contributed by atoms with Crippen molar-refractivity contribution in [3.63, 3.8) is 0 Å². The molecule has 1 N–H and O–H groups in total. The first-order valence-corrected chi connectivity index (χ1v) is 9.20. The highest BCUT2D eigenvalue weighted by Crippen LogP contribution is 2.48. The molecule has 2 aliphatic rings. The molecule has 2 fully saturated rings. The molecule has 7 heteroatoms. The number of tetrazole rings is 1. The van der Waals surface area contributed by atoms with E-state index in [4.69, 9.17) is 0 Å². The summed E-state index contributed by atoms with van der Waals surface area (Å²) in [5, 5.41) is 15.5. The topological polar surface area (TPSA) is 72.7 Å². The molecule has 4 rings (SSSR count). The molecule has 0 saturated heterocycles. The van der Waals surface area contributed by atoms with E-state index >= 15 is 0 Å². The number of hydrogen-bond donors (Lipinski definition) is 1. The lowest BCUT2D eigenvalue weighted by Gasteiger charge is -2.20. The lowest BCUT2D eigenvalue weighted by Crippen LogP contribution is -2.27. The number of amides is 1. The molecule has 1 aromatic heterocycles.